The van der Waals surface area contributed by atoms with Crippen molar-refractivity contribution in [2.24, 2.45) is 0 Å². The Hall–Kier alpha value is -2.73. The topological polar surface area (TPSA) is 79.0 Å². The van der Waals surface area contributed by atoms with E-state index in [-0.39, 0.29) is 5.69 Å². The second-order valence-electron chi connectivity index (χ2n) is 5.00. The van der Waals surface area contributed by atoms with Gasteiger partial charge in [0.15, 0.2) is 6.20 Å². The highest BCUT2D eigenvalue weighted by Crippen LogP contribution is 2.24. The van der Waals surface area contributed by atoms with Crippen molar-refractivity contribution in [1.29, 1.82) is 0 Å². The number of pyridine rings is 3. The molecule has 0 unspecified atom stereocenters. The molecule has 0 saturated heterocycles. The van der Waals surface area contributed by atoms with Crippen molar-refractivity contribution in [2.75, 3.05) is 7.11 Å². The van der Waals surface area contributed by atoms with E-state index in [1.54, 1.807) is 31.3 Å². The molecule has 0 radical (unpaired) electrons. The number of hydrogen-bond acceptors (Lipinski definition) is 5. The molecule has 3 heterocycles. The van der Waals surface area contributed by atoms with Gasteiger partial charge in [0.2, 0.25) is 5.69 Å². The second-order valence-corrected chi connectivity index (χ2v) is 5.38. The molecule has 7 heteroatoms. The summed E-state index contributed by atoms with van der Waals surface area (Å²) in [5.74, 6) is -0.521. The predicted molar refractivity (Wildman–Crippen MR) is 85.0 cm³/mol. The van der Waals surface area contributed by atoms with Crippen LogP contribution in [0.25, 0.3) is 22.0 Å². The fourth-order valence-corrected chi connectivity index (χ4v) is 2.50. The van der Waals surface area contributed by atoms with Crippen LogP contribution in [0.2, 0.25) is 5.15 Å². The van der Waals surface area contributed by atoms with Gasteiger partial charge in [-0.25, -0.2) is 14.8 Å². The Morgan fingerprint density at radius 2 is 2.00 bits per heavy atom. The molecule has 0 fully saturated rings. The van der Waals surface area contributed by atoms with Crippen molar-refractivity contribution in [1.82, 2.24) is 9.97 Å². The van der Waals surface area contributed by atoms with Crippen molar-refractivity contribution in [3.05, 3.63) is 58.4 Å². The first-order chi connectivity index (χ1) is 11.0. The molecule has 0 aliphatic carbocycles. The molecule has 0 spiro atoms. The van der Waals surface area contributed by atoms with Crippen molar-refractivity contribution in [3.63, 3.8) is 0 Å². The standard InChI is InChI=1S/C16H12ClN3O3/c1-9-3-13(16(21)23-2)18-7-12(9)14-4-10-6-19-15(17)5-11(10)8-20(14)22/h3-8H,1-2H3. The molecule has 3 rings (SSSR count). The second kappa shape index (κ2) is 5.81. The number of methoxy groups -OCH3 is 1. The lowest BCUT2D eigenvalue weighted by Gasteiger charge is -2.09. The van der Waals surface area contributed by atoms with E-state index in [2.05, 4.69) is 14.7 Å². The lowest BCUT2D eigenvalue weighted by molar-refractivity contribution is -0.592. The van der Waals surface area contributed by atoms with Crippen LogP contribution in [0, 0.1) is 12.1 Å². The van der Waals surface area contributed by atoms with Gasteiger partial charge in [0.1, 0.15) is 10.8 Å². The van der Waals surface area contributed by atoms with Gasteiger partial charge in [-0.2, -0.15) is 4.73 Å². The number of carbonyl (C=O) groups excluding carboxylic acids is 1. The van der Waals surface area contributed by atoms with Gasteiger partial charge >= 0.3 is 5.97 Å². The predicted octanol–water partition coefficient (Wildman–Crippen LogP) is 2.68. The molecule has 0 aliphatic rings. The quantitative estimate of drug-likeness (QED) is 0.312. The Kier molecular flexibility index (Phi) is 3.83. The fraction of sp³-hybridized carbons (Fsp3) is 0.125. The van der Waals surface area contributed by atoms with Crippen molar-refractivity contribution in [3.8, 4) is 11.3 Å². The van der Waals surface area contributed by atoms with Gasteiger partial charge in [0.05, 0.1) is 18.1 Å². The van der Waals surface area contributed by atoms with Crippen molar-refractivity contribution < 1.29 is 14.3 Å². The van der Waals surface area contributed by atoms with Gasteiger partial charge in [0, 0.05) is 23.8 Å². The summed E-state index contributed by atoms with van der Waals surface area (Å²) >= 11 is 5.84. The van der Waals surface area contributed by atoms with Crippen LogP contribution in [0.3, 0.4) is 0 Å². The van der Waals surface area contributed by atoms with E-state index in [1.807, 2.05) is 0 Å². The molecule has 0 aromatic carbocycles. The number of aryl methyl sites for hydroxylation is 1. The molecular weight excluding hydrogens is 318 g/mol. The first-order valence-electron chi connectivity index (χ1n) is 6.73. The fourth-order valence-electron chi connectivity index (χ4n) is 2.33. The average Bonchev–Trinajstić information content (AvgIpc) is 2.53. The molecule has 0 N–H and O–H groups in total. The zero-order chi connectivity index (χ0) is 16.6. The van der Waals surface area contributed by atoms with Crippen LogP contribution in [0.4, 0.5) is 0 Å². The number of rotatable bonds is 2. The zero-order valence-corrected chi connectivity index (χ0v) is 13.2. The zero-order valence-electron chi connectivity index (χ0n) is 12.4. The summed E-state index contributed by atoms with van der Waals surface area (Å²) in [7, 11) is 1.29. The maximum atomic E-state index is 12.3. The van der Waals surface area contributed by atoms with Crippen LogP contribution in [0.5, 0.6) is 0 Å². The highest BCUT2D eigenvalue weighted by atomic mass is 35.5. The monoisotopic (exact) mass is 329 g/mol. The van der Waals surface area contributed by atoms with Gasteiger partial charge in [0.25, 0.3) is 0 Å². The summed E-state index contributed by atoms with van der Waals surface area (Å²) in [5, 5.41) is 14.1. The summed E-state index contributed by atoms with van der Waals surface area (Å²) in [5.41, 5.74) is 1.99. The van der Waals surface area contributed by atoms with Gasteiger partial charge < -0.3 is 9.94 Å². The minimum Gasteiger partial charge on any atom is -0.618 e. The molecule has 6 nitrogen and oxygen atoms in total. The highest BCUT2D eigenvalue weighted by Gasteiger charge is 2.17. The number of fused-ring (bicyclic) bond motifs is 1. The molecule has 0 aliphatic heterocycles. The maximum Gasteiger partial charge on any atom is 0.356 e. The lowest BCUT2D eigenvalue weighted by Crippen LogP contribution is -2.28. The SMILES string of the molecule is COC(=O)c1cc(C)c(-c2cc3cnc(Cl)cc3c[n+]2[O-])cn1. The minimum atomic E-state index is -0.521. The van der Waals surface area contributed by atoms with E-state index in [9.17, 15) is 10.0 Å². The molecule has 0 bridgehead atoms. The molecule has 23 heavy (non-hydrogen) atoms. The van der Waals surface area contributed by atoms with Gasteiger partial charge in [-0.3, -0.25) is 0 Å². The molecule has 116 valence electrons. The summed E-state index contributed by atoms with van der Waals surface area (Å²) in [6, 6.07) is 4.93. The molecule has 3 aromatic rings. The van der Waals surface area contributed by atoms with Crippen LogP contribution in [-0.2, 0) is 4.74 Å². The molecule has 0 atom stereocenters. The van der Waals surface area contributed by atoms with E-state index in [1.165, 1.54) is 19.5 Å². The summed E-state index contributed by atoms with van der Waals surface area (Å²) in [6.07, 6.45) is 4.53. The van der Waals surface area contributed by atoms with Crippen molar-refractivity contribution >= 4 is 28.3 Å². The first kappa shape index (κ1) is 15.2. The normalized spacial score (nSPS) is 10.7. The Morgan fingerprint density at radius 3 is 2.70 bits per heavy atom. The summed E-state index contributed by atoms with van der Waals surface area (Å²) < 4.78 is 5.39. The van der Waals surface area contributed by atoms with E-state index in [4.69, 9.17) is 11.6 Å². The van der Waals surface area contributed by atoms with E-state index < -0.39 is 5.97 Å². The lowest BCUT2D eigenvalue weighted by atomic mass is 10.1. The summed E-state index contributed by atoms with van der Waals surface area (Å²) in [6.45, 7) is 1.80. The summed E-state index contributed by atoms with van der Waals surface area (Å²) in [4.78, 5) is 19.6. The highest BCUT2D eigenvalue weighted by molar-refractivity contribution is 6.30. The number of aromatic nitrogens is 3. The van der Waals surface area contributed by atoms with Gasteiger partial charge in [-0.05, 0) is 24.6 Å². The number of halogens is 1. The maximum absolute atomic E-state index is 12.3. The molecule has 3 aromatic heterocycles. The third-order valence-corrected chi connectivity index (χ3v) is 3.71. The third kappa shape index (κ3) is 2.80. The number of nitrogens with zero attached hydrogens (tertiary/aromatic N) is 3. The van der Waals surface area contributed by atoms with E-state index in [0.29, 0.717) is 21.8 Å². The number of esters is 1. The van der Waals surface area contributed by atoms with Gasteiger partial charge in [-0.1, -0.05) is 11.6 Å². The molecular formula is C16H12ClN3O3. The van der Waals surface area contributed by atoms with E-state index >= 15 is 0 Å². The number of hydrogen-bond donors (Lipinski definition) is 0. The largest absolute Gasteiger partial charge is 0.618 e. The Morgan fingerprint density at radius 1 is 1.22 bits per heavy atom. The van der Waals surface area contributed by atoms with Gasteiger partial charge in [-0.15, -0.1) is 0 Å². The number of ether oxygens (including phenoxy) is 1. The minimum absolute atomic E-state index is 0.195. The van der Waals surface area contributed by atoms with Crippen molar-refractivity contribution in [2.45, 2.75) is 6.92 Å². The van der Waals surface area contributed by atoms with E-state index in [0.717, 1.165) is 15.7 Å². The first-order valence-corrected chi connectivity index (χ1v) is 7.11. The van der Waals surface area contributed by atoms with Crippen LogP contribution in [-0.4, -0.2) is 23.0 Å². The Bertz CT molecular complexity index is 928. The average molecular weight is 330 g/mol. The Labute approximate surface area is 136 Å². The van der Waals surface area contributed by atoms with Crippen LogP contribution in [0.15, 0.2) is 36.8 Å². The third-order valence-electron chi connectivity index (χ3n) is 3.50. The van der Waals surface area contributed by atoms with Crippen LogP contribution < -0.4 is 4.73 Å². The van der Waals surface area contributed by atoms with Crippen LogP contribution in [0.1, 0.15) is 16.1 Å². The number of carbonyl (C=O) groups is 1. The Balaban J connectivity index is 2.14. The smallest absolute Gasteiger partial charge is 0.356 e. The molecule has 0 amide bonds. The van der Waals surface area contributed by atoms with Crippen LogP contribution >= 0.6 is 11.6 Å². The molecule has 0 saturated carbocycles.